The van der Waals surface area contributed by atoms with Crippen LogP contribution in [0.25, 0.3) is 11.4 Å². The van der Waals surface area contributed by atoms with E-state index in [1.807, 2.05) is 19.2 Å². The predicted octanol–water partition coefficient (Wildman–Crippen LogP) is 1.67. The van der Waals surface area contributed by atoms with E-state index in [1.165, 1.54) is 13.0 Å². The van der Waals surface area contributed by atoms with Gasteiger partial charge in [-0.05, 0) is 45.3 Å². The van der Waals surface area contributed by atoms with Crippen molar-refractivity contribution in [1.29, 1.82) is 0 Å². The fourth-order valence-electron chi connectivity index (χ4n) is 2.67. The molecule has 1 N–H and O–H groups in total. The molecule has 2 aromatic rings. The van der Waals surface area contributed by atoms with E-state index in [1.54, 1.807) is 6.20 Å². The van der Waals surface area contributed by atoms with Gasteiger partial charge in [0.2, 0.25) is 0 Å². The number of aromatic amines is 1. The van der Waals surface area contributed by atoms with Crippen molar-refractivity contribution >= 4 is 0 Å². The van der Waals surface area contributed by atoms with E-state index in [9.17, 15) is 0 Å². The van der Waals surface area contributed by atoms with Gasteiger partial charge in [-0.15, -0.1) is 0 Å². The van der Waals surface area contributed by atoms with Crippen LogP contribution in [0, 0.1) is 12.8 Å². The Morgan fingerprint density at radius 3 is 2.95 bits per heavy atom. The first-order valence-electron chi connectivity index (χ1n) is 6.72. The molecule has 19 heavy (non-hydrogen) atoms. The fraction of sp³-hybridized carbons (Fsp3) is 0.500. The SMILES string of the molecule is Cc1cc(-c2cncc(CC3CCN(C)C3)n2)n[nH]1. The highest BCUT2D eigenvalue weighted by molar-refractivity contribution is 5.52. The normalized spacial score (nSPS) is 20.0. The molecule has 1 aliphatic heterocycles. The van der Waals surface area contributed by atoms with Crippen LogP contribution in [0.15, 0.2) is 18.5 Å². The van der Waals surface area contributed by atoms with Crippen LogP contribution >= 0.6 is 0 Å². The Balaban J connectivity index is 1.76. The van der Waals surface area contributed by atoms with Gasteiger partial charge >= 0.3 is 0 Å². The van der Waals surface area contributed by atoms with Crippen molar-refractivity contribution in [3.8, 4) is 11.4 Å². The van der Waals surface area contributed by atoms with Gasteiger partial charge in [0, 0.05) is 18.4 Å². The first-order chi connectivity index (χ1) is 9.20. The van der Waals surface area contributed by atoms with Gasteiger partial charge in [0.05, 0.1) is 11.9 Å². The van der Waals surface area contributed by atoms with Crippen molar-refractivity contribution in [2.24, 2.45) is 5.92 Å². The van der Waals surface area contributed by atoms with Crippen molar-refractivity contribution in [3.63, 3.8) is 0 Å². The minimum atomic E-state index is 0.704. The van der Waals surface area contributed by atoms with Crippen LogP contribution in [0.4, 0.5) is 0 Å². The molecular formula is C14H19N5. The average molecular weight is 257 g/mol. The van der Waals surface area contributed by atoms with Crippen molar-refractivity contribution in [3.05, 3.63) is 29.8 Å². The minimum absolute atomic E-state index is 0.704. The summed E-state index contributed by atoms with van der Waals surface area (Å²) in [6, 6.07) is 2.00. The van der Waals surface area contributed by atoms with E-state index in [0.717, 1.165) is 35.7 Å². The molecule has 1 saturated heterocycles. The van der Waals surface area contributed by atoms with Crippen molar-refractivity contribution in [1.82, 2.24) is 25.1 Å². The molecule has 3 rings (SSSR count). The lowest BCUT2D eigenvalue weighted by atomic mass is 10.0. The Bertz CT molecular complexity index is 562. The van der Waals surface area contributed by atoms with Gasteiger partial charge in [-0.3, -0.25) is 10.1 Å². The molecule has 1 unspecified atom stereocenters. The maximum absolute atomic E-state index is 4.68. The zero-order chi connectivity index (χ0) is 13.2. The first kappa shape index (κ1) is 12.3. The predicted molar refractivity (Wildman–Crippen MR) is 73.7 cm³/mol. The summed E-state index contributed by atoms with van der Waals surface area (Å²) in [5.41, 5.74) is 3.83. The Morgan fingerprint density at radius 1 is 1.37 bits per heavy atom. The monoisotopic (exact) mass is 257 g/mol. The lowest BCUT2D eigenvalue weighted by Crippen LogP contribution is -2.15. The lowest BCUT2D eigenvalue weighted by molar-refractivity contribution is 0.393. The van der Waals surface area contributed by atoms with E-state index in [4.69, 9.17) is 0 Å². The highest BCUT2D eigenvalue weighted by Gasteiger charge is 2.20. The minimum Gasteiger partial charge on any atom is -0.306 e. The van der Waals surface area contributed by atoms with Gasteiger partial charge in [0.1, 0.15) is 11.4 Å². The van der Waals surface area contributed by atoms with Crippen LogP contribution in [0.1, 0.15) is 17.8 Å². The molecule has 2 aromatic heterocycles. The van der Waals surface area contributed by atoms with Crippen LogP contribution in [-0.2, 0) is 6.42 Å². The third-order valence-corrected chi connectivity index (χ3v) is 3.64. The number of likely N-dealkylation sites (tertiary alicyclic amines) is 1. The van der Waals surface area contributed by atoms with Crippen LogP contribution in [-0.4, -0.2) is 45.2 Å². The number of hydrogen-bond acceptors (Lipinski definition) is 4. The zero-order valence-corrected chi connectivity index (χ0v) is 11.4. The van der Waals surface area contributed by atoms with Crippen molar-refractivity contribution < 1.29 is 0 Å². The quantitative estimate of drug-likeness (QED) is 0.908. The summed E-state index contributed by atoms with van der Waals surface area (Å²) in [7, 11) is 2.18. The number of H-pyrrole nitrogens is 1. The Kier molecular flexibility index (Phi) is 3.29. The molecule has 1 fully saturated rings. The maximum atomic E-state index is 4.68. The molecule has 5 heteroatoms. The molecule has 0 aromatic carbocycles. The van der Waals surface area contributed by atoms with Crippen LogP contribution in [0.5, 0.6) is 0 Å². The smallest absolute Gasteiger partial charge is 0.112 e. The highest BCUT2D eigenvalue weighted by Crippen LogP contribution is 2.20. The topological polar surface area (TPSA) is 57.7 Å². The van der Waals surface area contributed by atoms with Gasteiger partial charge < -0.3 is 4.90 Å². The fourth-order valence-corrected chi connectivity index (χ4v) is 2.67. The number of aryl methyl sites for hydroxylation is 1. The van der Waals surface area contributed by atoms with Gasteiger partial charge in [-0.25, -0.2) is 4.98 Å². The molecule has 1 aliphatic rings. The average Bonchev–Trinajstić information content (AvgIpc) is 2.99. The van der Waals surface area contributed by atoms with E-state index in [2.05, 4.69) is 32.1 Å². The molecule has 1 atom stereocenters. The van der Waals surface area contributed by atoms with Gasteiger partial charge in [0.25, 0.3) is 0 Å². The van der Waals surface area contributed by atoms with Gasteiger partial charge in [0.15, 0.2) is 0 Å². The summed E-state index contributed by atoms with van der Waals surface area (Å²) >= 11 is 0. The molecular weight excluding hydrogens is 238 g/mol. The standard InChI is InChI=1S/C14H19N5/c1-10-5-13(18-17-10)14-8-15-7-12(16-14)6-11-3-4-19(2)9-11/h5,7-8,11H,3-4,6,9H2,1-2H3,(H,17,18). The number of rotatable bonds is 3. The Labute approximate surface area is 113 Å². The number of hydrogen-bond donors (Lipinski definition) is 1. The molecule has 0 bridgehead atoms. The van der Waals surface area contributed by atoms with Crippen LogP contribution in [0.3, 0.4) is 0 Å². The maximum Gasteiger partial charge on any atom is 0.112 e. The molecule has 5 nitrogen and oxygen atoms in total. The molecule has 0 spiro atoms. The van der Waals surface area contributed by atoms with E-state index in [-0.39, 0.29) is 0 Å². The van der Waals surface area contributed by atoms with Crippen LogP contribution in [0.2, 0.25) is 0 Å². The van der Waals surface area contributed by atoms with Gasteiger partial charge in [-0.1, -0.05) is 0 Å². The summed E-state index contributed by atoms with van der Waals surface area (Å²) in [6.45, 7) is 4.34. The zero-order valence-electron chi connectivity index (χ0n) is 11.4. The molecule has 0 amide bonds. The third kappa shape index (κ3) is 2.81. The number of aromatic nitrogens is 4. The lowest BCUT2D eigenvalue weighted by Gasteiger charge is -2.09. The molecule has 0 saturated carbocycles. The summed E-state index contributed by atoms with van der Waals surface area (Å²) in [5, 5.41) is 7.18. The summed E-state index contributed by atoms with van der Waals surface area (Å²) in [6.07, 6.45) is 5.92. The van der Waals surface area contributed by atoms with Crippen molar-refractivity contribution in [2.75, 3.05) is 20.1 Å². The summed E-state index contributed by atoms with van der Waals surface area (Å²) in [5.74, 6) is 0.704. The third-order valence-electron chi connectivity index (χ3n) is 3.64. The molecule has 3 heterocycles. The van der Waals surface area contributed by atoms with E-state index in [0.29, 0.717) is 5.92 Å². The summed E-state index contributed by atoms with van der Waals surface area (Å²) < 4.78 is 0. The van der Waals surface area contributed by atoms with E-state index >= 15 is 0 Å². The highest BCUT2D eigenvalue weighted by atomic mass is 15.1. The second kappa shape index (κ2) is 5.09. The Hall–Kier alpha value is -1.75. The second-order valence-corrected chi connectivity index (χ2v) is 5.45. The summed E-state index contributed by atoms with van der Waals surface area (Å²) in [4.78, 5) is 11.4. The first-order valence-corrected chi connectivity index (χ1v) is 6.72. The van der Waals surface area contributed by atoms with E-state index < -0.39 is 0 Å². The second-order valence-electron chi connectivity index (χ2n) is 5.45. The van der Waals surface area contributed by atoms with Crippen molar-refractivity contribution in [2.45, 2.75) is 19.8 Å². The largest absolute Gasteiger partial charge is 0.306 e. The Morgan fingerprint density at radius 2 is 2.26 bits per heavy atom. The number of nitrogens with one attached hydrogen (secondary N) is 1. The molecule has 0 radical (unpaired) electrons. The molecule has 100 valence electrons. The molecule has 0 aliphatic carbocycles. The van der Waals surface area contributed by atoms with Crippen LogP contribution < -0.4 is 0 Å². The number of nitrogens with zero attached hydrogens (tertiary/aromatic N) is 4. The van der Waals surface area contributed by atoms with Gasteiger partial charge in [-0.2, -0.15) is 5.10 Å².